The highest BCUT2D eigenvalue weighted by atomic mass is 16.5. The second kappa shape index (κ2) is 3.51. The van der Waals surface area contributed by atoms with Crippen molar-refractivity contribution < 1.29 is 9.53 Å². The summed E-state index contributed by atoms with van der Waals surface area (Å²) < 4.78 is 5.40. The number of nitriles is 1. The van der Waals surface area contributed by atoms with Crippen molar-refractivity contribution in [2.45, 2.75) is 12.3 Å². The molecule has 3 nitrogen and oxygen atoms in total. The van der Waals surface area contributed by atoms with Gasteiger partial charge in [-0.25, -0.2) is 0 Å². The van der Waals surface area contributed by atoms with Gasteiger partial charge in [0.15, 0.2) is 0 Å². The zero-order valence-electron chi connectivity index (χ0n) is 7.56. The predicted molar refractivity (Wildman–Crippen MR) is 50.1 cm³/mol. The monoisotopic (exact) mass is 187 g/mol. The van der Waals surface area contributed by atoms with E-state index in [1.807, 2.05) is 6.07 Å². The SMILES string of the molecule is N#Cc1cccc2c1OCC[C@@H]2C=O. The number of carbonyl (C=O) groups excluding carboxylic acids is 1. The largest absolute Gasteiger partial charge is 0.492 e. The number of aldehydes is 1. The van der Waals surface area contributed by atoms with E-state index >= 15 is 0 Å². The summed E-state index contributed by atoms with van der Waals surface area (Å²) in [6, 6.07) is 7.38. The van der Waals surface area contributed by atoms with Crippen LogP contribution in [-0.4, -0.2) is 12.9 Å². The molecule has 0 unspecified atom stereocenters. The summed E-state index contributed by atoms with van der Waals surface area (Å²) in [7, 11) is 0. The molecule has 1 heterocycles. The van der Waals surface area contributed by atoms with Gasteiger partial charge in [0.1, 0.15) is 18.1 Å². The van der Waals surface area contributed by atoms with Crippen molar-refractivity contribution in [1.82, 2.24) is 0 Å². The van der Waals surface area contributed by atoms with Gasteiger partial charge >= 0.3 is 0 Å². The van der Waals surface area contributed by atoms with Gasteiger partial charge in [0.25, 0.3) is 0 Å². The third kappa shape index (κ3) is 1.25. The second-order valence-electron chi connectivity index (χ2n) is 3.22. The predicted octanol–water partition coefficient (Wildman–Crippen LogP) is 1.62. The lowest BCUT2D eigenvalue weighted by Crippen LogP contribution is -2.15. The molecule has 1 aliphatic rings. The zero-order chi connectivity index (χ0) is 9.97. The van der Waals surface area contributed by atoms with Crippen molar-refractivity contribution in [2.24, 2.45) is 0 Å². The minimum atomic E-state index is -0.118. The fraction of sp³-hybridized carbons (Fsp3) is 0.273. The van der Waals surface area contributed by atoms with Gasteiger partial charge < -0.3 is 9.53 Å². The highest BCUT2D eigenvalue weighted by Gasteiger charge is 2.22. The van der Waals surface area contributed by atoms with E-state index in [0.717, 1.165) is 11.8 Å². The Hall–Kier alpha value is -1.82. The second-order valence-corrected chi connectivity index (χ2v) is 3.22. The normalized spacial score (nSPS) is 18.9. The minimum Gasteiger partial charge on any atom is -0.492 e. The van der Waals surface area contributed by atoms with Crippen LogP contribution in [0.4, 0.5) is 0 Å². The van der Waals surface area contributed by atoms with E-state index < -0.39 is 0 Å². The first kappa shape index (κ1) is 8.76. The molecule has 0 amide bonds. The van der Waals surface area contributed by atoms with Crippen molar-refractivity contribution in [3.63, 3.8) is 0 Å². The molecule has 70 valence electrons. The van der Waals surface area contributed by atoms with Crippen LogP contribution in [0.3, 0.4) is 0 Å². The molecular formula is C11H9NO2. The summed E-state index contributed by atoms with van der Waals surface area (Å²) in [5.74, 6) is 0.463. The Kier molecular flexibility index (Phi) is 2.19. The first-order valence-electron chi connectivity index (χ1n) is 4.48. The molecule has 0 fully saturated rings. The number of ether oxygens (including phenoxy) is 1. The molecule has 0 saturated heterocycles. The maximum absolute atomic E-state index is 10.8. The van der Waals surface area contributed by atoms with Crippen molar-refractivity contribution in [1.29, 1.82) is 5.26 Å². The lowest BCUT2D eigenvalue weighted by atomic mass is 9.93. The van der Waals surface area contributed by atoms with Crippen LogP contribution >= 0.6 is 0 Å². The van der Waals surface area contributed by atoms with Crippen molar-refractivity contribution >= 4 is 6.29 Å². The van der Waals surface area contributed by atoms with Gasteiger partial charge in [0.2, 0.25) is 0 Å². The lowest BCUT2D eigenvalue weighted by molar-refractivity contribution is -0.109. The first-order chi connectivity index (χ1) is 6.86. The van der Waals surface area contributed by atoms with Crippen LogP contribution in [0.15, 0.2) is 18.2 Å². The van der Waals surface area contributed by atoms with Crippen LogP contribution in [-0.2, 0) is 4.79 Å². The summed E-state index contributed by atoms with van der Waals surface area (Å²) >= 11 is 0. The Morgan fingerprint density at radius 3 is 3.14 bits per heavy atom. The quantitative estimate of drug-likeness (QED) is 0.628. The van der Waals surface area contributed by atoms with Crippen LogP contribution in [0.5, 0.6) is 5.75 Å². The van der Waals surface area contributed by atoms with E-state index in [4.69, 9.17) is 10.00 Å². The highest BCUT2D eigenvalue weighted by molar-refractivity contribution is 5.67. The molecule has 0 aliphatic carbocycles. The summed E-state index contributed by atoms with van der Waals surface area (Å²) in [4.78, 5) is 10.8. The Bertz CT molecular complexity index is 406. The first-order valence-corrected chi connectivity index (χ1v) is 4.48. The average molecular weight is 187 g/mol. The third-order valence-corrected chi connectivity index (χ3v) is 2.40. The van der Waals surface area contributed by atoms with Crippen molar-refractivity contribution in [3.05, 3.63) is 29.3 Å². The summed E-state index contributed by atoms with van der Waals surface area (Å²) in [5.41, 5.74) is 1.35. The number of hydrogen-bond acceptors (Lipinski definition) is 3. The number of fused-ring (bicyclic) bond motifs is 1. The number of para-hydroxylation sites is 1. The standard InChI is InChI=1S/C11H9NO2/c12-6-8-2-1-3-10-9(7-13)4-5-14-11(8)10/h1-3,7,9H,4-5H2/t9-/m1/s1. The molecule has 0 radical (unpaired) electrons. The molecular weight excluding hydrogens is 178 g/mol. The molecule has 1 aromatic rings. The van der Waals surface area contributed by atoms with Crippen LogP contribution in [0.2, 0.25) is 0 Å². The smallest absolute Gasteiger partial charge is 0.140 e. The molecule has 0 spiro atoms. The molecule has 1 aliphatic heterocycles. The van der Waals surface area contributed by atoms with Gasteiger partial charge in [-0.2, -0.15) is 5.26 Å². The third-order valence-electron chi connectivity index (χ3n) is 2.40. The molecule has 2 rings (SSSR count). The molecule has 0 aromatic heterocycles. The van der Waals surface area contributed by atoms with Gasteiger partial charge in [-0.3, -0.25) is 0 Å². The van der Waals surface area contributed by atoms with E-state index in [0.29, 0.717) is 24.3 Å². The Labute approximate surface area is 81.9 Å². The molecule has 14 heavy (non-hydrogen) atoms. The van der Waals surface area contributed by atoms with Gasteiger partial charge in [-0.05, 0) is 12.5 Å². The summed E-state index contributed by atoms with van der Waals surface area (Å²) in [6.45, 7) is 0.509. The zero-order valence-corrected chi connectivity index (χ0v) is 7.56. The molecule has 1 atom stereocenters. The van der Waals surface area contributed by atoms with Crippen LogP contribution in [0.25, 0.3) is 0 Å². The summed E-state index contributed by atoms with van der Waals surface area (Å²) in [5, 5.41) is 8.83. The van der Waals surface area contributed by atoms with Crippen molar-refractivity contribution in [2.75, 3.05) is 6.61 Å². The van der Waals surface area contributed by atoms with E-state index in [9.17, 15) is 4.79 Å². The molecule has 1 aromatic carbocycles. The van der Waals surface area contributed by atoms with E-state index in [-0.39, 0.29) is 5.92 Å². The maximum atomic E-state index is 10.8. The van der Waals surface area contributed by atoms with Gasteiger partial charge in [-0.15, -0.1) is 0 Å². The van der Waals surface area contributed by atoms with Gasteiger partial charge in [-0.1, -0.05) is 12.1 Å². The molecule has 0 N–H and O–H groups in total. The fourth-order valence-electron chi connectivity index (χ4n) is 1.68. The van der Waals surface area contributed by atoms with E-state index in [2.05, 4.69) is 6.07 Å². The minimum absolute atomic E-state index is 0.118. The maximum Gasteiger partial charge on any atom is 0.140 e. The topological polar surface area (TPSA) is 50.1 Å². The number of rotatable bonds is 1. The molecule has 0 saturated carbocycles. The van der Waals surface area contributed by atoms with Gasteiger partial charge in [0.05, 0.1) is 12.2 Å². The number of benzene rings is 1. The number of carbonyl (C=O) groups is 1. The van der Waals surface area contributed by atoms with Crippen LogP contribution in [0.1, 0.15) is 23.5 Å². The lowest BCUT2D eigenvalue weighted by Gasteiger charge is -2.22. The summed E-state index contributed by atoms with van der Waals surface area (Å²) in [6.07, 6.45) is 1.62. The Morgan fingerprint density at radius 1 is 1.57 bits per heavy atom. The Balaban J connectivity index is 2.55. The van der Waals surface area contributed by atoms with E-state index in [1.54, 1.807) is 12.1 Å². The van der Waals surface area contributed by atoms with Gasteiger partial charge in [0, 0.05) is 11.5 Å². The Morgan fingerprint density at radius 2 is 2.43 bits per heavy atom. The van der Waals surface area contributed by atoms with Crippen molar-refractivity contribution in [3.8, 4) is 11.8 Å². The number of hydrogen-bond donors (Lipinski definition) is 0. The van der Waals surface area contributed by atoms with E-state index in [1.165, 1.54) is 0 Å². The molecule has 3 heteroatoms. The average Bonchev–Trinajstić information content (AvgIpc) is 2.27. The highest BCUT2D eigenvalue weighted by Crippen LogP contribution is 2.34. The fourth-order valence-corrected chi connectivity index (χ4v) is 1.68. The molecule has 0 bridgehead atoms. The number of nitrogens with zero attached hydrogens (tertiary/aromatic N) is 1. The van der Waals surface area contributed by atoms with Crippen LogP contribution < -0.4 is 4.74 Å². The van der Waals surface area contributed by atoms with Crippen LogP contribution in [0, 0.1) is 11.3 Å².